The normalized spacial score (nSPS) is 10.7. The van der Waals surface area contributed by atoms with Gasteiger partial charge in [-0.3, -0.25) is 4.79 Å². The maximum Gasteiger partial charge on any atom is 0.328 e. The van der Waals surface area contributed by atoms with Crippen LogP contribution in [0.25, 0.3) is 6.08 Å². The Morgan fingerprint density at radius 3 is 2.23 bits per heavy atom. The van der Waals surface area contributed by atoms with Crippen molar-refractivity contribution in [2.45, 2.75) is 13.0 Å². The summed E-state index contributed by atoms with van der Waals surface area (Å²) in [6.07, 6.45) is 3.20. The van der Waals surface area contributed by atoms with Gasteiger partial charge in [0.05, 0.1) is 0 Å². The zero-order valence-corrected chi connectivity index (χ0v) is 16.5. The van der Waals surface area contributed by atoms with Crippen LogP contribution in [0.15, 0.2) is 84.9 Å². The molecule has 0 radical (unpaired) electrons. The number of amides is 1. The number of rotatable bonds is 9. The van der Waals surface area contributed by atoms with Crippen LogP contribution in [0.1, 0.15) is 27.0 Å². The van der Waals surface area contributed by atoms with E-state index in [-0.39, 0.29) is 5.91 Å². The summed E-state index contributed by atoms with van der Waals surface area (Å²) in [7, 11) is 0. The van der Waals surface area contributed by atoms with Crippen molar-refractivity contribution in [3.63, 3.8) is 0 Å². The van der Waals surface area contributed by atoms with Gasteiger partial charge in [-0.05, 0) is 47.4 Å². The smallest absolute Gasteiger partial charge is 0.328 e. The molecule has 0 saturated carbocycles. The van der Waals surface area contributed by atoms with Gasteiger partial charge < -0.3 is 15.2 Å². The van der Waals surface area contributed by atoms with Crippen LogP contribution >= 0.6 is 0 Å². The molecular formula is C25H23NO4. The van der Waals surface area contributed by atoms with Crippen molar-refractivity contribution < 1.29 is 19.4 Å². The highest BCUT2D eigenvalue weighted by Gasteiger charge is 2.09. The lowest BCUT2D eigenvalue weighted by molar-refractivity contribution is -0.131. The fraction of sp³-hybridized carbons (Fsp3) is 0.120. The maximum atomic E-state index is 12.6. The van der Waals surface area contributed by atoms with Gasteiger partial charge in [-0.15, -0.1) is 0 Å². The van der Waals surface area contributed by atoms with E-state index >= 15 is 0 Å². The lowest BCUT2D eigenvalue weighted by Crippen LogP contribution is -2.25. The molecule has 0 heterocycles. The predicted molar refractivity (Wildman–Crippen MR) is 116 cm³/mol. The fourth-order valence-corrected chi connectivity index (χ4v) is 2.91. The Hall–Kier alpha value is -3.86. The van der Waals surface area contributed by atoms with Crippen LogP contribution in [0.5, 0.6) is 5.75 Å². The molecular weight excluding hydrogens is 378 g/mol. The monoisotopic (exact) mass is 401 g/mol. The summed E-state index contributed by atoms with van der Waals surface area (Å²) in [5.74, 6) is -0.792. The van der Waals surface area contributed by atoms with E-state index in [4.69, 9.17) is 9.84 Å². The summed E-state index contributed by atoms with van der Waals surface area (Å²) in [6.45, 7) is 0.847. The molecule has 0 aliphatic heterocycles. The molecule has 0 saturated heterocycles. The molecule has 5 nitrogen and oxygen atoms in total. The third-order valence-electron chi connectivity index (χ3n) is 4.40. The Bertz CT molecular complexity index is 1010. The molecule has 0 aromatic heterocycles. The number of hydrogen-bond donors (Lipinski definition) is 2. The lowest BCUT2D eigenvalue weighted by atomic mass is 10.1. The first-order valence-electron chi connectivity index (χ1n) is 9.65. The molecule has 2 N–H and O–H groups in total. The van der Waals surface area contributed by atoms with Crippen molar-refractivity contribution in [2.24, 2.45) is 0 Å². The molecule has 1 amide bonds. The Morgan fingerprint density at radius 2 is 1.57 bits per heavy atom. The number of carbonyl (C=O) groups excluding carboxylic acids is 1. The SMILES string of the molecule is O=C(O)/C=C/c1cc(OCc2ccccc2)cc(C(=O)NCCc2ccccc2)c1. The minimum absolute atomic E-state index is 0.235. The van der Waals surface area contributed by atoms with Crippen LogP contribution in [-0.2, 0) is 17.8 Å². The molecule has 0 unspecified atom stereocenters. The first-order chi connectivity index (χ1) is 14.6. The van der Waals surface area contributed by atoms with Gasteiger partial charge in [0.2, 0.25) is 0 Å². The molecule has 3 rings (SSSR count). The van der Waals surface area contributed by atoms with Gasteiger partial charge in [0, 0.05) is 18.2 Å². The van der Waals surface area contributed by atoms with Crippen LogP contribution in [0.3, 0.4) is 0 Å². The summed E-state index contributed by atoms with van der Waals surface area (Å²) >= 11 is 0. The molecule has 3 aromatic carbocycles. The summed E-state index contributed by atoms with van der Waals surface area (Å²) in [6, 6.07) is 24.6. The molecule has 5 heteroatoms. The highest BCUT2D eigenvalue weighted by atomic mass is 16.5. The molecule has 30 heavy (non-hydrogen) atoms. The summed E-state index contributed by atoms with van der Waals surface area (Å²) in [4.78, 5) is 23.5. The highest BCUT2D eigenvalue weighted by molar-refractivity contribution is 5.95. The van der Waals surface area contributed by atoms with E-state index in [9.17, 15) is 9.59 Å². The van der Waals surface area contributed by atoms with Gasteiger partial charge >= 0.3 is 5.97 Å². The Labute approximate surface area is 175 Å². The van der Waals surface area contributed by atoms with Crippen LogP contribution in [-0.4, -0.2) is 23.5 Å². The van der Waals surface area contributed by atoms with Crippen LogP contribution in [0.4, 0.5) is 0 Å². The van der Waals surface area contributed by atoms with E-state index in [1.807, 2.05) is 60.7 Å². The number of aliphatic carboxylic acids is 1. The number of ether oxygens (including phenoxy) is 1. The Kier molecular flexibility index (Phi) is 7.39. The van der Waals surface area contributed by atoms with Crippen LogP contribution < -0.4 is 10.1 Å². The second kappa shape index (κ2) is 10.6. The van der Waals surface area contributed by atoms with E-state index < -0.39 is 5.97 Å². The first kappa shape index (κ1) is 20.9. The van der Waals surface area contributed by atoms with Gasteiger partial charge in [-0.25, -0.2) is 4.79 Å². The van der Waals surface area contributed by atoms with Crippen molar-refractivity contribution in [1.82, 2.24) is 5.32 Å². The Morgan fingerprint density at radius 1 is 0.900 bits per heavy atom. The van der Waals surface area contributed by atoms with Gasteiger partial charge in [0.15, 0.2) is 0 Å². The maximum absolute atomic E-state index is 12.6. The molecule has 0 aliphatic rings. The number of carboxylic acid groups (broad SMARTS) is 1. The molecule has 0 fully saturated rings. The van der Waals surface area contributed by atoms with Gasteiger partial charge in [0.25, 0.3) is 5.91 Å². The third-order valence-corrected chi connectivity index (χ3v) is 4.40. The first-order valence-corrected chi connectivity index (χ1v) is 9.65. The van der Waals surface area contributed by atoms with E-state index in [0.29, 0.717) is 30.0 Å². The topological polar surface area (TPSA) is 75.6 Å². The number of carbonyl (C=O) groups is 2. The van der Waals surface area contributed by atoms with Crippen LogP contribution in [0.2, 0.25) is 0 Å². The third kappa shape index (κ3) is 6.63. The second-order valence-corrected chi connectivity index (χ2v) is 6.73. The summed E-state index contributed by atoms with van der Waals surface area (Å²) in [5.41, 5.74) is 3.13. The lowest BCUT2D eigenvalue weighted by Gasteiger charge is -2.11. The summed E-state index contributed by atoms with van der Waals surface area (Å²) in [5, 5.41) is 11.8. The predicted octanol–water partition coefficient (Wildman–Crippen LogP) is 4.34. The van der Waals surface area contributed by atoms with Gasteiger partial charge in [-0.2, -0.15) is 0 Å². The zero-order chi connectivity index (χ0) is 21.2. The molecule has 152 valence electrons. The quantitative estimate of drug-likeness (QED) is 0.523. The Balaban J connectivity index is 1.71. The minimum atomic E-state index is -1.06. The molecule has 0 aliphatic carbocycles. The second-order valence-electron chi connectivity index (χ2n) is 6.73. The van der Waals surface area contributed by atoms with Crippen molar-refractivity contribution >= 4 is 18.0 Å². The number of benzene rings is 3. The zero-order valence-electron chi connectivity index (χ0n) is 16.5. The summed E-state index contributed by atoms with van der Waals surface area (Å²) < 4.78 is 5.84. The minimum Gasteiger partial charge on any atom is -0.489 e. The number of carboxylic acids is 1. The van der Waals surface area contributed by atoms with Gasteiger partial charge in [-0.1, -0.05) is 60.7 Å². The van der Waals surface area contributed by atoms with E-state index in [0.717, 1.165) is 23.6 Å². The van der Waals surface area contributed by atoms with Crippen LogP contribution in [0, 0.1) is 0 Å². The average molecular weight is 401 g/mol. The largest absolute Gasteiger partial charge is 0.489 e. The highest BCUT2D eigenvalue weighted by Crippen LogP contribution is 2.20. The number of nitrogens with one attached hydrogen (secondary N) is 1. The van der Waals surface area contributed by atoms with Crippen molar-refractivity contribution in [1.29, 1.82) is 0 Å². The van der Waals surface area contributed by atoms with E-state index in [2.05, 4.69) is 5.32 Å². The fourth-order valence-electron chi connectivity index (χ4n) is 2.91. The van der Waals surface area contributed by atoms with Crippen molar-refractivity contribution in [3.8, 4) is 5.75 Å². The standard InChI is InChI=1S/C25H23NO4/c27-24(28)12-11-21-15-22(25(29)26-14-13-19-7-3-1-4-8-19)17-23(16-21)30-18-20-9-5-2-6-10-20/h1-12,15-17H,13-14,18H2,(H,26,29)(H,27,28)/b12-11+. The van der Waals surface area contributed by atoms with Gasteiger partial charge in [0.1, 0.15) is 12.4 Å². The number of hydrogen-bond acceptors (Lipinski definition) is 3. The van der Waals surface area contributed by atoms with E-state index in [1.165, 1.54) is 6.08 Å². The average Bonchev–Trinajstić information content (AvgIpc) is 2.77. The molecule has 3 aromatic rings. The molecule has 0 spiro atoms. The molecule has 0 atom stereocenters. The molecule has 0 bridgehead atoms. The van der Waals surface area contributed by atoms with Crippen molar-refractivity contribution in [3.05, 3.63) is 107 Å². The van der Waals surface area contributed by atoms with Crippen molar-refractivity contribution in [2.75, 3.05) is 6.54 Å². The van der Waals surface area contributed by atoms with E-state index in [1.54, 1.807) is 18.2 Å².